The number of carbonyl (C=O) groups excluding carboxylic acids is 1. The zero-order chi connectivity index (χ0) is 20.0. The van der Waals surface area contributed by atoms with E-state index in [9.17, 15) is 13.2 Å². The smallest absolute Gasteiger partial charge is 0.296 e. The molecule has 0 spiro atoms. The first-order chi connectivity index (χ1) is 13.4. The van der Waals surface area contributed by atoms with Crippen molar-refractivity contribution in [2.24, 2.45) is 5.14 Å². The Bertz CT molecular complexity index is 909. The van der Waals surface area contributed by atoms with Crippen molar-refractivity contribution < 1.29 is 22.7 Å². The van der Waals surface area contributed by atoms with E-state index in [1.54, 1.807) is 48.5 Å². The van der Waals surface area contributed by atoms with E-state index in [-0.39, 0.29) is 18.6 Å². The molecule has 1 aliphatic rings. The Balaban J connectivity index is 1.51. The standard InChI is InChI=1S/C19H23N3O5S/c20-28(24,25)22-16-4-1-3-14(11-16)12-21-19(23)15-6-8-17(9-7-15)27-13-18-5-2-10-26-18/h1,3-4,6-9,11,18,22H,2,5,10,12-13H2,(H,21,23)(H2,20,24,25)/t18-/m0/s1. The van der Waals surface area contributed by atoms with E-state index in [4.69, 9.17) is 14.6 Å². The number of anilines is 1. The monoisotopic (exact) mass is 405 g/mol. The van der Waals surface area contributed by atoms with E-state index in [0.29, 0.717) is 23.6 Å². The van der Waals surface area contributed by atoms with Crippen molar-refractivity contribution in [2.75, 3.05) is 17.9 Å². The Labute approximate surface area is 164 Å². The third-order valence-electron chi connectivity index (χ3n) is 4.22. The van der Waals surface area contributed by atoms with E-state index in [1.807, 2.05) is 0 Å². The lowest BCUT2D eigenvalue weighted by Crippen LogP contribution is -2.23. The topological polar surface area (TPSA) is 120 Å². The van der Waals surface area contributed by atoms with Gasteiger partial charge in [0.1, 0.15) is 12.4 Å². The molecular weight excluding hydrogens is 382 g/mol. The zero-order valence-corrected chi connectivity index (χ0v) is 16.1. The maximum absolute atomic E-state index is 12.3. The van der Waals surface area contributed by atoms with Gasteiger partial charge in [0.05, 0.1) is 11.8 Å². The van der Waals surface area contributed by atoms with Crippen molar-refractivity contribution in [3.05, 3.63) is 59.7 Å². The quantitative estimate of drug-likeness (QED) is 0.618. The summed E-state index contributed by atoms with van der Waals surface area (Å²) >= 11 is 0. The minimum Gasteiger partial charge on any atom is -0.491 e. The molecule has 1 atom stereocenters. The number of ether oxygens (including phenoxy) is 2. The van der Waals surface area contributed by atoms with Crippen LogP contribution in [-0.4, -0.2) is 33.6 Å². The summed E-state index contributed by atoms with van der Waals surface area (Å²) in [5.41, 5.74) is 1.57. The highest BCUT2D eigenvalue weighted by Crippen LogP contribution is 2.17. The lowest BCUT2D eigenvalue weighted by Gasteiger charge is -2.12. The molecule has 150 valence electrons. The summed E-state index contributed by atoms with van der Waals surface area (Å²) in [4.78, 5) is 12.3. The first-order valence-electron chi connectivity index (χ1n) is 8.91. The van der Waals surface area contributed by atoms with Crippen LogP contribution in [0.2, 0.25) is 0 Å². The molecule has 1 saturated heterocycles. The fraction of sp³-hybridized carbons (Fsp3) is 0.316. The highest BCUT2D eigenvalue weighted by Gasteiger charge is 2.16. The summed E-state index contributed by atoms with van der Waals surface area (Å²) in [6.07, 6.45) is 2.21. The molecule has 0 aliphatic carbocycles. The first kappa shape index (κ1) is 20.1. The van der Waals surface area contributed by atoms with Crippen LogP contribution in [0.5, 0.6) is 5.75 Å². The van der Waals surface area contributed by atoms with Crippen LogP contribution in [0, 0.1) is 0 Å². The largest absolute Gasteiger partial charge is 0.491 e. The van der Waals surface area contributed by atoms with E-state index in [0.717, 1.165) is 25.0 Å². The van der Waals surface area contributed by atoms with Crippen LogP contribution in [0.3, 0.4) is 0 Å². The van der Waals surface area contributed by atoms with Crippen molar-refractivity contribution in [3.8, 4) is 5.75 Å². The minimum absolute atomic E-state index is 0.141. The van der Waals surface area contributed by atoms with Gasteiger partial charge in [-0.1, -0.05) is 12.1 Å². The number of hydrogen-bond acceptors (Lipinski definition) is 5. The van der Waals surface area contributed by atoms with E-state index >= 15 is 0 Å². The van der Waals surface area contributed by atoms with Crippen LogP contribution in [0.15, 0.2) is 48.5 Å². The molecule has 2 aromatic carbocycles. The Morgan fingerprint density at radius 1 is 1.21 bits per heavy atom. The average molecular weight is 405 g/mol. The summed E-state index contributed by atoms with van der Waals surface area (Å²) in [6.45, 7) is 1.54. The predicted molar refractivity (Wildman–Crippen MR) is 105 cm³/mol. The molecule has 0 aromatic heterocycles. The molecular formula is C19H23N3O5S. The van der Waals surface area contributed by atoms with Gasteiger partial charge in [-0.05, 0) is 54.8 Å². The van der Waals surface area contributed by atoms with E-state index in [2.05, 4.69) is 10.0 Å². The maximum atomic E-state index is 12.3. The van der Waals surface area contributed by atoms with Gasteiger partial charge in [0, 0.05) is 18.7 Å². The number of benzene rings is 2. The van der Waals surface area contributed by atoms with Gasteiger partial charge in [-0.2, -0.15) is 8.42 Å². The zero-order valence-electron chi connectivity index (χ0n) is 15.3. The molecule has 1 aliphatic heterocycles. The molecule has 0 saturated carbocycles. The molecule has 1 amide bonds. The van der Waals surface area contributed by atoms with Crippen LogP contribution in [0.4, 0.5) is 5.69 Å². The maximum Gasteiger partial charge on any atom is 0.296 e. The van der Waals surface area contributed by atoms with Gasteiger partial charge < -0.3 is 14.8 Å². The molecule has 1 fully saturated rings. The molecule has 28 heavy (non-hydrogen) atoms. The summed E-state index contributed by atoms with van der Waals surface area (Å²) in [7, 11) is -3.84. The van der Waals surface area contributed by atoms with Crippen molar-refractivity contribution in [2.45, 2.75) is 25.5 Å². The normalized spacial score (nSPS) is 16.5. The molecule has 0 bridgehead atoms. The number of amides is 1. The SMILES string of the molecule is NS(=O)(=O)Nc1cccc(CNC(=O)c2ccc(OC[C@@H]3CCCO3)cc2)c1. The van der Waals surface area contributed by atoms with E-state index < -0.39 is 10.2 Å². The average Bonchev–Trinajstić information content (AvgIpc) is 3.17. The Hall–Kier alpha value is -2.62. The summed E-state index contributed by atoms with van der Waals surface area (Å²) in [6, 6.07) is 13.5. The fourth-order valence-electron chi connectivity index (χ4n) is 2.86. The van der Waals surface area contributed by atoms with Crippen molar-refractivity contribution in [3.63, 3.8) is 0 Å². The number of carbonyl (C=O) groups is 1. The summed E-state index contributed by atoms with van der Waals surface area (Å²) in [5.74, 6) is 0.448. The lowest BCUT2D eigenvalue weighted by atomic mass is 10.1. The number of nitrogens with two attached hydrogens (primary N) is 1. The Kier molecular flexibility index (Phi) is 6.50. The van der Waals surface area contributed by atoms with Crippen LogP contribution >= 0.6 is 0 Å². The predicted octanol–water partition coefficient (Wildman–Crippen LogP) is 1.79. The Morgan fingerprint density at radius 2 is 2.00 bits per heavy atom. The number of rotatable bonds is 8. The minimum atomic E-state index is -3.84. The van der Waals surface area contributed by atoms with Gasteiger partial charge in [0.2, 0.25) is 0 Å². The molecule has 0 unspecified atom stereocenters. The van der Waals surface area contributed by atoms with Crippen molar-refractivity contribution >= 4 is 21.8 Å². The van der Waals surface area contributed by atoms with Gasteiger partial charge in [-0.3, -0.25) is 9.52 Å². The molecule has 9 heteroatoms. The number of nitrogens with one attached hydrogen (secondary N) is 2. The highest BCUT2D eigenvalue weighted by atomic mass is 32.2. The van der Waals surface area contributed by atoms with E-state index in [1.165, 1.54) is 0 Å². The highest BCUT2D eigenvalue weighted by molar-refractivity contribution is 7.90. The molecule has 3 rings (SSSR count). The second-order valence-electron chi connectivity index (χ2n) is 6.50. The van der Waals surface area contributed by atoms with Gasteiger partial charge in [0.15, 0.2) is 0 Å². The lowest BCUT2D eigenvalue weighted by molar-refractivity contribution is 0.0679. The molecule has 0 radical (unpaired) electrons. The summed E-state index contributed by atoms with van der Waals surface area (Å²) in [5, 5.41) is 7.75. The van der Waals surface area contributed by atoms with Gasteiger partial charge >= 0.3 is 0 Å². The molecule has 8 nitrogen and oxygen atoms in total. The van der Waals surface area contributed by atoms with Gasteiger partial charge in [-0.25, -0.2) is 5.14 Å². The fourth-order valence-corrected chi connectivity index (χ4v) is 3.32. The van der Waals surface area contributed by atoms with Crippen molar-refractivity contribution in [1.82, 2.24) is 5.32 Å². The summed E-state index contributed by atoms with van der Waals surface area (Å²) < 4.78 is 35.6. The number of hydrogen-bond donors (Lipinski definition) is 3. The molecule has 2 aromatic rings. The van der Waals surface area contributed by atoms with Crippen LogP contribution in [-0.2, 0) is 21.5 Å². The van der Waals surface area contributed by atoms with Crippen LogP contribution in [0.25, 0.3) is 0 Å². The van der Waals surface area contributed by atoms with Gasteiger partial charge in [0.25, 0.3) is 16.1 Å². The van der Waals surface area contributed by atoms with Crippen LogP contribution in [0.1, 0.15) is 28.8 Å². The molecule has 4 N–H and O–H groups in total. The third kappa shape index (κ3) is 6.22. The van der Waals surface area contributed by atoms with Crippen LogP contribution < -0.4 is 19.9 Å². The van der Waals surface area contributed by atoms with Crippen molar-refractivity contribution in [1.29, 1.82) is 0 Å². The Morgan fingerprint density at radius 3 is 2.68 bits per heavy atom. The molecule has 1 heterocycles. The third-order valence-corrected chi connectivity index (χ3v) is 4.74. The first-order valence-corrected chi connectivity index (χ1v) is 10.5. The second kappa shape index (κ2) is 9.05. The second-order valence-corrected chi connectivity index (χ2v) is 7.79. The van der Waals surface area contributed by atoms with Gasteiger partial charge in [-0.15, -0.1) is 0 Å².